The molecule has 1 aromatic carbocycles. The molecule has 15 heavy (non-hydrogen) atoms. The maximum absolute atomic E-state index is 10.6. The lowest BCUT2D eigenvalue weighted by Crippen LogP contribution is -1.96. The van der Waals surface area contributed by atoms with Crippen LogP contribution in [-0.2, 0) is 10.1 Å². The molecule has 1 rings (SSSR count). The summed E-state index contributed by atoms with van der Waals surface area (Å²) in [4.78, 5) is -0.104. The van der Waals surface area contributed by atoms with E-state index in [-0.39, 0.29) is 11.5 Å². The Hall–Kier alpha value is -1.17. The van der Waals surface area contributed by atoms with Gasteiger partial charge in [0.05, 0.1) is 4.90 Å². The van der Waals surface area contributed by atoms with Gasteiger partial charge in [-0.3, -0.25) is 4.55 Å². The number of hydrogen-bond acceptors (Lipinski definition) is 3. The molecule has 0 bridgehead atoms. The van der Waals surface area contributed by atoms with E-state index in [1.807, 2.05) is 0 Å². The first-order valence-electron chi connectivity index (χ1n) is 4.26. The lowest BCUT2D eigenvalue weighted by Gasteiger charge is -1.96. The van der Waals surface area contributed by atoms with E-state index in [9.17, 15) is 8.42 Å². The molecule has 0 saturated heterocycles. The molecule has 0 spiro atoms. The summed E-state index contributed by atoms with van der Waals surface area (Å²) < 4.78 is 29.7. The predicted molar refractivity (Wildman–Crippen MR) is 59.1 cm³/mol. The second-order valence-electron chi connectivity index (χ2n) is 2.56. The first-order chi connectivity index (χ1) is 6.95. The molecule has 0 atom stereocenters. The highest BCUT2D eigenvalue weighted by Crippen LogP contribution is 2.10. The third kappa shape index (κ3) is 5.31. The number of aliphatic hydroxyl groups is 1. The van der Waals surface area contributed by atoms with Gasteiger partial charge in [0.1, 0.15) is 0 Å². The molecule has 0 aromatic heterocycles. The molecular weight excluding hydrogens is 216 g/mol. The van der Waals surface area contributed by atoms with Crippen molar-refractivity contribution in [2.75, 3.05) is 6.61 Å². The molecule has 0 radical (unpaired) electrons. The fourth-order valence-corrected chi connectivity index (χ4v) is 1.26. The van der Waals surface area contributed by atoms with E-state index in [1.54, 1.807) is 25.1 Å². The van der Waals surface area contributed by atoms with E-state index in [0.717, 1.165) is 5.56 Å². The third-order valence-corrected chi connectivity index (χ3v) is 2.28. The quantitative estimate of drug-likeness (QED) is 0.756. The summed E-state index contributed by atoms with van der Waals surface area (Å²) >= 11 is 0. The predicted octanol–water partition coefficient (Wildman–Crippen LogP) is 1.57. The van der Waals surface area contributed by atoms with E-state index >= 15 is 0 Å². The van der Waals surface area contributed by atoms with Gasteiger partial charge < -0.3 is 5.11 Å². The van der Waals surface area contributed by atoms with Crippen LogP contribution in [0.25, 0.3) is 6.08 Å². The van der Waals surface area contributed by atoms with Gasteiger partial charge in [0.25, 0.3) is 10.1 Å². The molecule has 0 fully saturated rings. The molecule has 1 aromatic rings. The molecule has 0 aliphatic rings. The lowest BCUT2D eigenvalue weighted by molar-refractivity contribution is 0.318. The van der Waals surface area contributed by atoms with Gasteiger partial charge in [-0.1, -0.05) is 24.8 Å². The van der Waals surface area contributed by atoms with Crippen molar-refractivity contribution in [3.8, 4) is 0 Å². The molecule has 84 valence electrons. The highest BCUT2D eigenvalue weighted by atomic mass is 32.2. The maximum atomic E-state index is 10.6. The number of aliphatic hydroxyl groups excluding tert-OH is 1. The zero-order chi connectivity index (χ0) is 11.9. The smallest absolute Gasteiger partial charge is 0.294 e. The first-order valence-corrected chi connectivity index (χ1v) is 5.70. The van der Waals surface area contributed by atoms with Gasteiger partial charge in [-0.2, -0.15) is 8.42 Å². The van der Waals surface area contributed by atoms with Crippen molar-refractivity contribution in [2.45, 2.75) is 11.8 Å². The van der Waals surface area contributed by atoms with Crippen molar-refractivity contribution in [3.63, 3.8) is 0 Å². The van der Waals surface area contributed by atoms with Crippen LogP contribution < -0.4 is 0 Å². The molecule has 0 saturated carbocycles. The number of benzene rings is 1. The Bertz CT molecular complexity index is 392. The van der Waals surface area contributed by atoms with Crippen molar-refractivity contribution >= 4 is 16.2 Å². The average molecular weight is 230 g/mol. The Morgan fingerprint density at radius 2 is 1.73 bits per heavy atom. The fraction of sp³-hybridized carbons (Fsp3) is 0.200. The molecule has 0 amide bonds. The highest BCUT2D eigenvalue weighted by Gasteiger charge is 2.07. The summed E-state index contributed by atoms with van der Waals surface area (Å²) in [6, 6.07) is 5.78. The van der Waals surface area contributed by atoms with Crippen LogP contribution in [0.3, 0.4) is 0 Å². The second-order valence-corrected chi connectivity index (χ2v) is 3.99. The van der Waals surface area contributed by atoms with Crippen molar-refractivity contribution in [2.24, 2.45) is 0 Å². The summed E-state index contributed by atoms with van der Waals surface area (Å²) in [5.74, 6) is 0. The fourth-order valence-electron chi connectivity index (χ4n) is 0.776. The zero-order valence-corrected chi connectivity index (χ0v) is 9.24. The normalized spacial score (nSPS) is 10.1. The monoisotopic (exact) mass is 230 g/mol. The van der Waals surface area contributed by atoms with Crippen LogP contribution >= 0.6 is 0 Å². The Labute approximate surface area is 89.6 Å². The van der Waals surface area contributed by atoms with E-state index in [1.165, 1.54) is 12.1 Å². The Morgan fingerprint density at radius 1 is 1.33 bits per heavy atom. The van der Waals surface area contributed by atoms with Gasteiger partial charge in [0.2, 0.25) is 0 Å². The topological polar surface area (TPSA) is 74.6 Å². The maximum Gasteiger partial charge on any atom is 0.294 e. The summed E-state index contributed by atoms with van der Waals surface area (Å²) in [7, 11) is -4.06. The van der Waals surface area contributed by atoms with Crippen molar-refractivity contribution in [3.05, 3.63) is 36.4 Å². The van der Waals surface area contributed by atoms with E-state index in [2.05, 4.69) is 6.58 Å². The lowest BCUT2D eigenvalue weighted by atomic mass is 10.2. The second kappa shape index (κ2) is 6.34. The summed E-state index contributed by atoms with van der Waals surface area (Å²) in [5.41, 5.74) is 0.808. The third-order valence-electron chi connectivity index (χ3n) is 1.41. The summed E-state index contributed by atoms with van der Waals surface area (Å²) in [5, 5.41) is 7.57. The standard InChI is InChI=1S/C8H8O3S.C2H6O/c1-2-7-3-5-8(6-4-7)12(9,10)11;1-2-3/h2-6H,1H2,(H,9,10,11);3H,2H2,1H3. The van der Waals surface area contributed by atoms with Crippen LogP contribution in [0.4, 0.5) is 0 Å². The molecule has 0 heterocycles. The number of rotatable bonds is 2. The van der Waals surface area contributed by atoms with Crippen molar-refractivity contribution in [1.29, 1.82) is 0 Å². The van der Waals surface area contributed by atoms with Gasteiger partial charge in [-0.05, 0) is 24.6 Å². The zero-order valence-electron chi connectivity index (χ0n) is 8.42. The minimum absolute atomic E-state index is 0.104. The largest absolute Gasteiger partial charge is 0.397 e. The van der Waals surface area contributed by atoms with Gasteiger partial charge >= 0.3 is 0 Å². The first kappa shape index (κ1) is 13.8. The molecule has 0 unspecified atom stereocenters. The SMILES string of the molecule is C=Cc1ccc(S(=O)(=O)O)cc1.CCO. The van der Waals surface area contributed by atoms with E-state index < -0.39 is 10.1 Å². The minimum atomic E-state index is -4.06. The van der Waals surface area contributed by atoms with Crippen LogP contribution in [0.15, 0.2) is 35.7 Å². The molecule has 4 nitrogen and oxygen atoms in total. The van der Waals surface area contributed by atoms with Crippen LogP contribution in [-0.4, -0.2) is 24.7 Å². The van der Waals surface area contributed by atoms with Crippen molar-refractivity contribution < 1.29 is 18.1 Å². The Kier molecular flexibility index (Phi) is 5.84. The van der Waals surface area contributed by atoms with E-state index in [4.69, 9.17) is 9.66 Å². The Morgan fingerprint density at radius 3 is 2.00 bits per heavy atom. The molecule has 0 aliphatic heterocycles. The highest BCUT2D eigenvalue weighted by molar-refractivity contribution is 7.85. The van der Waals surface area contributed by atoms with Crippen LogP contribution in [0.2, 0.25) is 0 Å². The minimum Gasteiger partial charge on any atom is -0.397 e. The van der Waals surface area contributed by atoms with Crippen LogP contribution in [0, 0.1) is 0 Å². The van der Waals surface area contributed by atoms with Crippen LogP contribution in [0.1, 0.15) is 12.5 Å². The van der Waals surface area contributed by atoms with Gasteiger partial charge in [0, 0.05) is 6.61 Å². The van der Waals surface area contributed by atoms with E-state index in [0.29, 0.717) is 0 Å². The molecule has 2 N–H and O–H groups in total. The Balaban J connectivity index is 0.000000583. The van der Waals surface area contributed by atoms with Gasteiger partial charge in [-0.25, -0.2) is 0 Å². The molecule has 0 aliphatic carbocycles. The van der Waals surface area contributed by atoms with Crippen LogP contribution in [0.5, 0.6) is 0 Å². The molecule has 5 heteroatoms. The molecular formula is C10H14O4S. The number of hydrogen-bond donors (Lipinski definition) is 2. The van der Waals surface area contributed by atoms with Gasteiger partial charge in [0.15, 0.2) is 0 Å². The summed E-state index contributed by atoms with van der Waals surface area (Å²) in [6.07, 6.45) is 1.59. The average Bonchev–Trinajstić information content (AvgIpc) is 2.18. The van der Waals surface area contributed by atoms with Crippen molar-refractivity contribution in [1.82, 2.24) is 0 Å². The van der Waals surface area contributed by atoms with Gasteiger partial charge in [-0.15, -0.1) is 0 Å². The summed E-state index contributed by atoms with van der Waals surface area (Å²) in [6.45, 7) is 5.44.